The van der Waals surface area contributed by atoms with Gasteiger partial charge in [-0.1, -0.05) is 30.3 Å². The summed E-state index contributed by atoms with van der Waals surface area (Å²) in [6.07, 6.45) is -1.14. The molecule has 20 heavy (non-hydrogen) atoms. The molecule has 3 aliphatic rings. The fraction of sp³-hybridized carbons (Fsp3) is 0.500. The van der Waals surface area contributed by atoms with Gasteiger partial charge in [0.15, 0.2) is 12.4 Å². The average Bonchev–Trinajstić information content (AvgIpc) is 3.13. The van der Waals surface area contributed by atoms with Crippen LogP contribution in [0.5, 0.6) is 0 Å². The summed E-state index contributed by atoms with van der Waals surface area (Å²) in [4.78, 5) is 0. The summed E-state index contributed by atoms with van der Waals surface area (Å²) in [5.74, 6) is 6.49. The van der Waals surface area contributed by atoms with E-state index in [4.69, 9.17) is 20.1 Å². The van der Waals surface area contributed by atoms with Crippen molar-refractivity contribution in [3.05, 3.63) is 41.7 Å². The van der Waals surface area contributed by atoms with Gasteiger partial charge in [0.25, 0.3) is 11.8 Å². The lowest BCUT2D eigenvalue weighted by atomic mass is 9.98. The highest BCUT2D eigenvalue weighted by atomic mass is 16.7. The van der Waals surface area contributed by atoms with E-state index < -0.39 is 18.1 Å². The molecule has 1 aromatic carbocycles. The van der Waals surface area contributed by atoms with Crippen molar-refractivity contribution in [3.63, 3.8) is 0 Å². The minimum absolute atomic E-state index is 0.323. The van der Waals surface area contributed by atoms with Crippen LogP contribution in [0.15, 0.2) is 30.3 Å². The van der Waals surface area contributed by atoms with E-state index >= 15 is 0 Å². The first kappa shape index (κ1) is 12.3. The first-order chi connectivity index (χ1) is 9.58. The topological polar surface area (TPSA) is 74.7 Å². The van der Waals surface area contributed by atoms with Crippen LogP contribution in [-0.4, -0.2) is 46.1 Å². The predicted molar refractivity (Wildman–Crippen MR) is 68.9 cm³/mol. The first-order valence-electron chi connectivity index (χ1n) is 6.67. The third kappa shape index (κ3) is 1.69. The zero-order valence-electron chi connectivity index (χ0n) is 11.0. The maximum atomic E-state index is 10.2. The van der Waals surface area contributed by atoms with Gasteiger partial charge in [-0.15, -0.1) is 0 Å². The predicted octanol–water partition coefficient (Wildman–Crippen LogP) is 1.01. The Morgan fingerprint density at radius 2 is 2.10 bits per heavy atom. The SMILES string of the molecule is C[C@]1(O)O[C@@H]2COC(c3ccccc3)O[C@H]2C2=[N+]([NH-])[C@@H]21. The zero-order valence-corrected chi connectivity index (χ0v) is 11.0. The molecule has 0 amide bonds. The number of nitrogens with zero attached hydrogens (tertiary/aromatic N) is 1. The normalized spacial score (nSPS) is 42.9. The molecule has 3 heterocycles. The number of fused-ring (bicyclic) bond motifs is 3. The van der Waals surface area contributed by atoms with Gasteiger partial charge in [0, 0.05) is 5.56 Å². The summed E-state index contributed by atoms with van der Waals surface area (Å²) in [5, 5.41) is 10.2. The van der Waals surface area contributed by atoms with Crippen LogP contribution >= 0.6 is 0 Å². The van der Waals surface area contributed by atoms with Gasteiger partial charge >= 0.3 is 0 Å². The molecule has 2 saturated heterocycles. The van der Waals surface area contributed by atoms with Gasteiger partial charge < -0.3 is 25.2 Å². The molecule has 1 aromatic rings. The molecular formula is C14H16N2O4. The number of aliphatic hydroxyl groups is 1. The summed E-state index contributed by atoms with van der Waals surface area (Å²) < 4.78 is 18.5. The monoisotopic (exact) mass is 276 g/mol. The van der Waals surface area contributed by atoms with Crippen molar-refractivity contribution >= 4 is 5.71 Å². The molecule has 2 fully saturated rings. The Hall–Kier alpha value is -1.47. The van der Waals surface area contributed by atoms with Crippen LogP contribution in [0.3, 0.4) is 0 Å². The van der Waals surface area contributed by atoms with Gasteiger partial charge in [-0.25, -0.2) is 0 Å². The molecule has 0 spiro atoms. The smallest absolute Gasteiger partial charge is 0.283 e. The van der Waals surface area contributed by atoms with Gasteiger partial charge in [0.1, 0.15) is 6.10 Å². The van der Waals surface area contributed by atoms with Crippen molar-refractivity contribution < 1.29 is 24.0 Å². The van der Waals surface area contributed by atoms with E-state index in [-0.39, 0.29) is 12.2 Å². The van der Waals surface area contributed by atoms with Crippen LogP contribution < -0.4 is 0 Å². The molecule has 6 nitrogen and oxygen atoms in total. The van der Waals surface area contributed by atoms with Gasteiger partial charge in [0.05, 0.1) is 6.61 Å². The lowest BCUT2D eigenvalue weighted by Crippen LogP contribution is -2.57. The van der Waals surface area contributed by atoms with Crippen molar-refractivity contribution in [2.45, 2.75) is 37.3 Å². The second-order valence-electron chi connectivity index (χ2n) is 5.54. The second-order valence-corrected chi connectivity index (χ2v) is 5.54. The Morgan fingerprint density at radius 1 is 1.35 bits per heavy atom. The molecule has 5 atom stereocenters. The van der Waals surface area contributed by atoms with E-state index in [1.54, 1.807) is 6.92 Å². The lowest BCUT2D eigenvalue weighted by Gasteiger charge is -2.39. The largest absolute Gasteiger partial charge is 0.454 e. The molecule has 1 unspecified atom stereocenters. The number of benzene rings is 1. The van der Waals surface area contributed by atoms with Gasteiger partial charge in [-0.2, -0.15) is 0 Å². The van der Waals surface area contributed by atoms with Crippen molar-refractivity contribution in [2.75, 3.05) is 6.61 Å². The molecule has 4 rings (SSSR count). The number of ether oxygens (including phenoxy) is 3. The van der Waals surface area contributed by atoms with E-state index in [0.717, 1.165) is 11.3 Å². The van der Waals surface area contributed by atoms with Gasteiger partial charge in [-0.05, 0) is 6.92 Å². The maximum absolute atomic E-state index is 10.2. The Kier molecular flexibility index (Phi) is 2.47. The summed E-state index contributed by atoms with van der Waals surface area (Å²) in [6.45, 7) is 1.91. The van der Waals surface area contributed by atoms with Crippen molar-refractivity contribution in [1.82, 2.24) is 0 Å². The lowest BCUT2D eigenvalue weighted by molar-refractivity contribution is -0.447. The Bertz CT molecular complexity index is 572. The van der Waals surface area contributed by atoms with Crippen LogP contribution in [0.4, 0.5) is 0 Å². The molecule has 6 heteroatoms. The summed E-state index contributed by atoms with van der Waals surface area (Å²) in [5.41, 5.74) is 1.72. The highest BCUT2D eigenvalue weighted by Crippen LogP contribution is 2.41. The highest BCUT2D eigenvalue weighted by molar-refractivity contribution is 5.97. The molecule has 0 aliphatic carbocycles. The van der Waals surface area contributed by atoms with Crippen molar-refractivity contribution in [1.29, 1.82) is 0 Å². The van der Waals surface area contributed by atoms with E-state index in [0.29, 0.717) is 6.61 Å². The third-order valence-electron chi connectivity index (χ3n) is 4.03. The minimum atomic E-state index is -1.34. The van der Waals surface area contributed by atoms with E-state index in [1.807, 2.05) is 30.3 Å². The Morgan fingerprint density at radius 3 is 2.85 bits per heavy atom. The number of nitrogens with one attached hydrogen (secondary N) is 1. The van der Waals surface area contributed by atoms with Crippen LogP contribution in [0.2, 0.25) is 0 Å². The second kappa shape index (κ2) is 4.02. The fourth-order valence-electron chi connectivity index (χ4n) is 3.06. The van der Waals surface area contributed by atoms with Crippen LogP contribution in [0.25, 0.3) is 5.84 Å². The van der Waals surface area contributed by atoms with E-state index in [2.05, 4.69) is 0 Å². The number of hydrogen-bond acceptors (Lipinski definition) is 4. The standard InChI is InChI=1S/C14H16N2O4/c1-14(17)12-10(16(12)15)11-9(20-14)7-18-13(19-11)8-5-3-2-4-6-8/h2-6,9,11-13,15,17H,7H2,1H3/t9-,11-,12+,13?,14+/m1/s1. The molecule has 0 radical (unpaired) electrons. The Balaban J connectivity index is 1.58. The van der Waals surface area contributed by atoms with Crippen LogP contribution in [0, 0.1) is 0 Å². The van der Waals surface area contributed by atoms with Crippen LogP contribution in [0.1, 0.15) is 18.8 Å². The first-order valence-corrected chi connectivity index (χ1v) is 6.67. The van der Waals surface area contributed by atoms with Crippen LogP contribution in [-0.2, 0) is 14.2 Å². The van der Waals surface area contributed by atoms with Crippen molar-refractivity contribution in [3.8, 4) is 0 Å². The highest BCUT2D eigenvalue weighted by Gasteiger charge is 2.68. The molecule has 3 aliphatic heterocycles. The molecular weight excluding hydrogens is 260 g/mol. The fourth-order valence-corrected chi connectivity index (χ4v) is 3.06. The van der Waals surface area contributed by atoms with E-state index in [9.17, 15) is 5.11 Å². The molecule has 0 aromatic heterocycles. The maximum Gasteiger partial charge on any atom is 0.283 e. The number of rotatable bonds is 1. The molecule has 0 saturated carbocycles. The van der Waals surface area contributed by atoms with E-state index in [1.165, 1.54) is 4.68 Å². The summed E-state index contributed by atoms with van der Waals surface area (Å²) in [6, 6.07) is 9.28. The van der Waals surface area contributed by atoms with Gasteiger partial charge in [-0.3, -0.25) is 4.68 Å². The van der Waals surface area contributed by atoms with Crippen molar-refractivity contribution in [2.24, 2.45) is 0 Å². The average molecular weight is 276 g/mol. The molecule has 106 valence electrons. The molecule has 2 N–H and O–H groups in total. The minimum Gasteiger partial charge on any atom is -0.454 e. The zero-order chi connectivity index (χ0) is 13.9. The summed E-state index contributed by atoms with van der Waals surface area (Å²) >= 11 is 0. The quantitative estimate of drug-likeness (QED) is 0.777. The number of hydrogen-bond donors (Lipinski definition) is 1. The third-order valence-corrected chi connectivity index (χ3v) is 4.03. The summed E-state index contributed by atoms with van der Waals surface area (Å²) in [7, 11) is 0. The molecule has 0 bridgehead atoms. The Labute approximate surface area is 116 Å². The van der Waals surface area contributed by atoms with Gasteiger partial charge in [0.2, 0.25) is 5.79 Å².